The molecule has 2 unspecified atom stereocenters. The van der Waals surface area contributed by atoms with Crippen LogP contribution >= 0.6 is 0 Å². The molecule has 2 heteroatoms. The fourth-order valence-corrected chi connectivity index (χ4v) is 3.80. The zero-order valence-corrected chi connectivity index (χ0v) is 13.6. The number of hydrogen-bond acceptors (Lipinski definition) is 2. The van der Waals surface area contributed by atoms with E-state index in [-0.39, 0.29) is 5.78 Å². The van der Waals surface area contributed by atoms with Gasteiger partial charge in [0.1, 0.15) is 5.60 Å². The van der Waals surface area contributed by atoms with Crippen molar-refractivity contribution in [3.8, 4) is 0 Å². The van der Waals surface area contributed by atoms with Gasteiger partial charge in [0.25, 0.3) is 0 Å². The first-order valence-corrected chi connectivity index (χ1v) is 8.25. The van der Waals surface area contributed by atoms with Crippen LogP contribution in [0.3, 0.4) is 0 Å². The Morgan fingerprint density at radius 2 is 1.52 bits per heavy atom. The van der Waals surface area contributed by atoms with Gasteiger partial charge < -0.3 is 5.11 Å². The Bertz CT molecular complexity index is 731. The molecule has 0 amide bonds. The first-order valence-electron chi connectivity index (χ1n) is 8.25. The molecule has 0 saturated carbocycles. The van der Waals surface area contributed by atoms with Gasteiger partial charge in [-0.3, -0.25) is 4.79 Å². The molecule has 1 aliphatic carbocycles. The molecule has 118 valence electrons. The van der Waals surface area contributed by atoms with Crippen LogP contribution in [0, 0.1) is 5.92 Å². The normalized spacial score (nSPS) is 24.3. The van der Waals surface area contributed by atoms with Crippen molar-refractivity contribution < 1.29 is 9.90 Å². The molecule has 1 N–H and O–H groups in total. The van der Waals surface area contributed by atoms with Crippen molar-refractivity contribution in [1.29, 1.82) is 0 Å². The summed E-state index contributed by atoms with van der Waals surface area (Å²) < 4.78 is 0. The van der Waals surface area contributed by atoms with Gasteiger partial charge in [0.2, 0.25) is 0 Å². The minimum atomic E-state index is -1.25. The lowest BCUT2D eigenvalue weighted by Crippen LogP contribution is -2.35. The molecule has 0 spiro atoms. The predicted molar refractivity (Wildman–Crippen MR) is 92.8 cm³/mol. The van der Waals surface area contributed by atoms with Crippen LogP contribution in [0.5, 0.6) is 0 Å². The number of ketones is 1. The number of carbonyl (C=O) groups excluding carboxylic acids is 1. The third-order valence-electron chi connectivity index (χ3n) is 4.84. The summed E-state index contributed by atoms with van der Waals surface area (Å²) >= 11 is 0. The summed E-state index contributed by atoms with van der Waals surface area (Å²) in [7, 11) is 0. The molecule has 2 aromatic carbocycles. The zero-order valence-electron chi connectivity index (χ0n) is 13.6. The number of Topliss-reactive ketones (excluding diaryl/α,β-unsaturated/α-hetero) is 1. The predicted octanol–water partition coefficient (Wildman–Crippen LogP) is 4.35. The summed E-state index contributed by atoms with van der Waals surface area (Å²) in [4.78, 5) is 12.9. The van der Waals surface area contributed by atoms with Gasteiger partial charge in [-0.1, -0.05) is 74.5 Å². The fourth-order valence-electron chi connectivity index (χ4n) is 3.80. The van der Waals surface area contributed by atoms with Gasteiger partial charge in [-0.15, -0.1) is 0 Å². The molecule has 2 aromatic rings. The maximum Gasteiger partial charge on any atom is 0.165 e. The van der Waals surface area contributed by atoms with E-state index >= 15 is 0 Å². The Balaban J connectivity index is 2.29. The number of aliphatic hydroxyl groups is 1. The van der Waals surface area contributed by atoms with E-state index in [1.165, 1.54) is 0 Å². The van der Waals surface area contributed by atoms with E-state index in [2.05, 4.69) is 0 Å². The summed E-state index contributed by atoms with van der Waals surface area (Å²) in [5, 5.41) is 11.7. The third kappa shape index (κ3) is 2.34. The number of carbonyl (C=O) groups is 1. The maximum absolute atomic E-state index is 12.9. The highest BCUT2D eigenvalue weighted by Gasteiger charge is 2.52. The van der Waals surface area contributed by atoms with Crippen LogP contribution in [0.2, 0.25) is 0 Å². The van der Waals surface area contributed by atoms with Gasteiger partial charge in [-0.25, -0.2) is 0 Å². The highest BCUT2D eigenvalue weighted by atomic mass is 16.3. The Hall–Kier alpha value is -2.19. The monoisotopic (exact) mass is 306 g/mol. The quantitative estimate of drug-likeness (QED) is 0.912. The van der Waals surface area contributed by atoms with Crippen LogP contribution in [0.15, 0.2) is 66.2 Å². The molecule has 0 aromatic heterocycles. The van der Waals surface area contributed by atoms with Crippen molar-refractivity contribution >= 4 is 11.4 Å². The SMILES string of the molecule is CCC1=C(c2ccccc2)C(O)(c2ccccc2)C(CC)C1=O. The largest absolute Gasteiger partial charge is 0.380 e. The van der Waals surface area contributed by atoms with E-state index in [0.29, 0.717) is 12.8 Å². The van der Waals surface area contributed by atoms with E-state index in [0.717, 1.165) is 22.3 Å². The molecule has 2 atom stereocenters. The minimum Gasteiger partial charge on any atom is -0.380 e. The molecule has 23 heavy (non-hydrogen) atoms. The number of benzene rings is 2. The highest BCUT2D eigenvalue weighted by Crippen LogP contribution is 2.52. The van der Waals surface area contributed by atoms with Crippen molar-refractivity contribution in [2.45, 2.75) is 32.3 Å². The van der Waals surface area contributed by atoms with Crippen molar-refractivity contribution in [3.05, 3.63) is 77.4 Å². The van der Waals surface area contributed by atoms with Crippen LogP contribution in [0.1, 0.15) is 37.8 Å². The summed E-state index contributed by atoms with van der Waals surface area (Å²) in [6.45, 7) is 3.96. The summed E-state index contributed by atoms with van der Waals surface area (Å²) in [5.41, 5.74) is 2.01. The second kappa shape index (κ2) is 6.13. The number of hydrogen-bond donors (Lipinski definition) is 1. The van der Waals surface area contributed by atoms with Crippen molar-refractivity contribution in [2.75, 3.05) is 0 Å². The molecule has 1 aliphatic rings. The molecular formula is C21H22O2. The number of rotatable bonds is 4. The fraction of sp³-hybridized carbons (Fsp3) is 0.286. The van der Waals surface area contributed by atoms with Crippen LogP contribution in [0.25, 0.3) is 5.57 Å². The lowest BCUT2D eigenvalue weighted by molar-refractivity contribution is -0.123. The molecular weight excluding hydrogens is 284 g/mol. The van der Waals surface area contributed by atoms with Crippen LogP contribution < -0.4 is 0 Å². The molecule has 0 saturated heterocycles. The van der Waals surface area contributed by atoms with Gasteiger partial charge in [-0.2, -0.15) is 0 Å². The van der Waals surface area contributed by atoms with Gasteiger partial charge in [-0.05, 0) is 24.0 Å². The molecule has 0 heterocycles. The Kier molecular flexibility index (Phi) is 4.18. The van der Waals surface area contributed by atoms with Crippen molar-refractivity contribution in [1.82, 2.24) is 0 Å². The average molecular weight is 306 g/mol. The van der Waals surface area contributed by atoms with E-state index < -0.39 is 11.5 Å². The lowest BCUT2D eigenvalue weighted by Gasteiger charge is -2.32. The second-order valence-corrected chi connectivity index (χ2v) is 6.03. The molecule has 3 rings (SSSR count). The second-order valence-electron chi connectivity index (χ2n) is 6.03. The summed E-state index contributed by atoms with van der Waals surface area (Å²) in [6.07, 6.45) is 1.25. The maximum atomic E-state index is 12.9. The lowest BCUT2D eigenvalue weighted by atomic mass is 9.76. The zero-order chi connectivity index (χ0) is 16.4. The van der Waals surface area contributed by atoms with Crippen molar-refractivity contribution in [3.63, 3.8) is 0 Å². The van der Waals surface area contributed by atoms with Crippen LogP contribution in [-0.4, -0.2) is 10.9 Å². The molecule has 0 aliphatic heterocycles. The minimum absolute atomic E-state index is 0.0835. The highest BCUT2D eigenvalue weighted by molar-refractivity contribution is 6.11. The number of allylic oxidation sites excluding steroid dienone is 1. The third-order valence-corrected chi connectivity index (χ3v) is 4.84. The summed E-state index contributed by atoms with van der Waals surface area (Å²) in [6, 6.07) is 19.4. The van der Waals surface area contributed by atoms with Gasteiger partial charge in [0.15, 0.2) is 5.78 Å². The van der Waals surface area contributed by atoms with E-state index in [4.69, 9.17) is 0 Å². The Morgan fingerprint density at radius 1 is 0.957 bits per heavy atom. The van der Waals surface area contributed by atoms with Crippen molar-refractivity contribution in [2.24, 2.45) is 5.92 Å². The van der Waals surface area contributed by atoms with Crippen LogP contribution in [-0.2, 0) is 10.4 Å². The first-order chi connectivity index (χ1) is 11.1. The standard InChI is InChI=1S/C21H22O2/c1-3-17-19(15-11-7-5-8-12-15)21(23,18(4-2)20(17)22)16-13-9-6-10-14-16/h5-14,18,23H,3-4H2,1-2H3. The average Bonchev–Trinajstić information content (AvgIpc) is 2.83. The van der Waals surface area contributed by atoms with Gasteiger partial charge >= 0.3 is 0 Å². The summed E-state index contributed by atoms with van der Waals surface area (Å²) in [5.74, 6) is -0.338. The van der Waals surface area contributed by atoms with E-state index in [1.807, 2.05) is 74.5 Å². The Morgan fingerprint density at radius 3 is 2.04 bits per heavy atom. The topological polar surface area (TPSA) is 37.3 Å². The van der Waals surface area contributed by atoms with Gasteiger partial charge in [0, 0.05) is 11.1 Å². The molecule has 0 fully saturated rings. The van der Waals surface area contributed by atoms with E-state index in [1.54, 1.807) is 0 Å². The van der Waals surface area contributed by atoms with E-state index in [9.17, 15) is 9.90 Å². The van der Waals surface area contributed by atoms with Gasteiger partial charge in [0.05, 0.1) is 5.92 Å². The molecule has 0 radical (unpaired) electrons. The van der Waals surface area contributed by atoms with Crippen LogP contribution in [0.4, 0.5) is 0 Å². The molecule has 2 nitrogen and oxygen atoms in total. The Labute approximate surface area is 137 Å². The smallest absolute Gasteiger partial charge is 0.165 e. The first kappa shape index (κ1) is 15.7. The molecule has 0 bridgehead atoms.